The van der Waals surface area contributed by atoms with Crippen LogP contribution in [0, 0.1) is 0 Å². The van der Waals surface area contributed by atoms with Crippen molar-refractivity contribution >= 4 is 15.9 Å². The van der Waals surface area contributed by atoms with Crippen molar-refractivity contribution in [3.05, 3.63) is 28.2 Å². The number of rotatable bonds is 5. The smallest absolute Gasteiger partial charge is 0.124 e. The predicted molar refractivity (Wildman–Crippen MR) is 65.2 cm³/mol. The average molecular weight is 270 g/mol. The third-order valence-corrected chi connectivity index (χ3v) is 3.26. The molecular weight excluding hydrogens is 254 g/mol. The van der Waals surface area contributed by atoms with Crippen LogP contribution in [0.5, 0.6) is 5.75 Å². The first-order valence-electron chi connectivity index (χ1n) is 5.45. The second-order valence-electron chi connectivity index (χ2n) is 3.80. The van der Waals surface area contributed by atoms with Gasteiger partial charge in [0.25, 0.3) is 0 Å². The summed E-state index contributed by atoms with van der Waals surface area (Å²) in [6.07, 6.45) is 2.63. The van der Waals surface area contributed by atoms with Crippen LogP contribution in [-0.4, -0.2) is 12.6 Å². The van der Waals surface area contributed by atoms with E-state index in [2.05, 4.69) is 27.3 Å². The van der Waals surface area contributed by atoms with Crippen molar-refractivity contribution in [3.63, 3.8) is 0 Å². The molecule has 0 radical (unpaired) electrons. The van der Waals surface area contributed by atoms with Crippen LogP contribution in [-0.2, 0) is 6.54 Å². The predicted octanol–water partition coefficient (Wildman–Crippen LogP) is 3.10. The normalized spacial score (nSPS) is 15.3. The van der Waals surface area contributed by atoms with E-state index in [0.29, 0.717) is 6.61 Å². The molecule has 0 atom stereocenters. The average Bonchev–Trinajstić information content (AvgIpc) is 3.01. The van der Waals surface area contributed by atoms with Gasteiger partial charge in [-0.15, -0.1) is 0 Å². The second kappa shape index (κ2) is 4.99. The summed E-state index contributed by atoms with van der Waals surface area (Å²) in [7, 11) is 0. The summed E-state index contributed by atoms with van der Waals surface area (Å²) < 4.78 is 6.73. The van der Waals surface area contributed by atoms with Gasteiger partial charge in [-0.05, 0) is 31.9 Å². The largest absolute Gasteiger partial charge is 0.494 e. The summed E-state index contributed by atoms with van der Waals surface area (Å²) >= 11 is 3.57. The summed E-state index contributed by atoms with van der Waals surface area (Å²) in [5, 5.41) is 3.50. The molecule has 0 bridgehead atoms. The molecule has 2 rings (SSSR count). The first-order chi connectivity index (χ1) is 7.31. The molecule has 0 aromatic heterocycles. The van der Waals surface area contributed by atoms with Gasteiger partial charge in [0.1, 0.15) is 5.75 Å². The molecule has 0 spiro atoms. The van der Waals surface area contributed by atoms with E-state index in [4.69, 9.17) is 4.74 Å². The Morgan fingerprint density at radius 1 is 1.47 bits per heavy atom. The molecule has 1 saturated carbocycles. The molecular formula is C12H16BrNO. The standard InChI is InChI=1S/C12H16BrNO/c1-2-15-12-5-3-4-11(13)10(12)8-14-9-6-7-9/h3-5,9,14H,2,6-8H2,1H3. The Labute approximate surface area is 99.1 Å². The first kappa shape index (κ1) is 11.0. The van der Waals surface area contributed by atoms with Crippen molar-refractivity contribution in [2.45, 2.75) is 32.4 Å². The van der Waals surface area contributed by atoms with E-state index in [1.807, 2.05) is 19.1 Å². The number of benzene rings is 1. The number of ether oxygens (including phenoxy) is 1. The zero-order valence-corrected chi connectivity index (χ0v) is 10.5. The van der Waals surface area contributed by atoms with Crippen LogP contribution in [0.15, 0.2) is 22.7 Å². The highest BCUT2D eigenvalue weighted by Gasteiger charge is 2.21. The molecule has 2 nitrogen and oxygen atoms in total. The Morgan fingerprint density at radius 3 is 2.93 bits per heavy atom. The molecule has 1 aliphatic rings. The van der Waals surface area contributed by atoms with E-state index in [1.54, 1.807) is 0 Å². The monoisotopic (exact) mass is 269 g/mol. The topological polar surface area (TPSA) is 21.3 Å². The van der Waals surface area contributed by atoms with Gasteiger partial charge in [0.2, 0.25) is 0 Å². The van der Waals surface area contributed by atoms with E-state index in [9.17, 15) is 0 Å². The maximum atomic E-state index is 5.60. The van der Waals surface area contributed by atoms with E-state index < -0.39 is 0 Å². The number of hydrogen-bond acceptors (Lipinski definition) is 2. The molecule has 1 N–H and O–H groups in total. The first-order valence-corrected chi connectivity index (χ1v) is 6.24. The molecule has 82 valence electrons. The minimum absolute atomic E-state index is 0.715. The number of nitrogens with one attached hydrogen (secondary N) is 1. The third-order valence-electron chi connectivity index (χ3n) is 2.52. The SMILES string of the molecule is CCOc1cccc(Br)c1CNC1CC1. The summed E-state index contributed by atoms with van der Waals surface area (Å²) in [4.78, 5) is 0. The van der Waals surface area contributed by atoms with Crippen LogP contribution in [0.2, 0.25) is 0 Å². The Bertz CT molecular complexity index is 336. The fraction of sp³-hybridized carbons (Fsp3) is 0.500. The number of halogens is 1. The lowest BCUT2D eigenvalue weighted by Gasteiger charge is -2.12. The van der Waals surface area contributed by atoms with Gasteiger partial charge in [0, 0.05) is 22.6 Å². The molecule has 1 aromatic rings. The zero-order valence-electron chi connectivity index (χ0n) is 8.92. The molecule has 0 aliphatic heterocycles. The molecule has 15 heavy (non-hydrogen) atoms. The second-order valence-corrected chi connectivity index (χ2v) is 4.66. The highest BCUT2D eigenvalue weighted by atomic mass is 79.9. The van der Waals surface area contributed by atoms with Crippen molar-refractivity contribution in [2.24, 2.45) is 0 Å². The van der Waals surface area contributed by atoms with Crippen LogP contribution in [0.4, 0.5) is 0 Å². The molecule has 0 heterocycles. The van der Waals surface area contributed by atoms with Gasteiger partial charge in [-0.25, -0.2) is 0 Å². The lowest BCUT2D eigenvalue weighted by Crippen LogP contribution is -2.16. The Hall–Kier alpha value is -0.540. The lowest BCUT2D eigenvalue weighted by atomic mass is 10.2. The molecule has 1 aromatic carbocycles. The summed E-state index contributed by atoms with van der Waals surface area (Å²) in [5.41, 5.74) is 1.23. The van der Waals surface area contributed by atoms with Gasteiger partial charge in [-0.2, -0.15) is 0 Å². The molecule has 0 unspecified atom stereocenters. The Morgan fingerprint density at radius 2 is 2.27 bits per heavy atom. The maximum Gasteiger partial charge on any atom is 0.124 e. The zero-order chi connectivity index (χ0) is 10.7. The minimum Gasteiger partial charge on any atom is -0.494 e. The molecule has 0 amide bonds. The fourth-order valence-electron chi connectivity index (χ4n) is 1.54. The highest BCUT2D eigenvalue weighted by molar-refractivity contribution is 9.10. The quantitative estimate of drug-likeness (QED) is 0.887. The van der Waals surface area contributed by atoms with E-state index in [1.165, 1.54) is 18.4 Å². The molecule has 0 saturated heterocycles. The van der Waals surface area contributed by atoms with Crippen LogP contribution < -0.4 is 10.1 Å². The van der Waals surface area contributed by atoms with E-state index >= 15 is 0 Å². The molecule has 1 fully saturated rings. The van der Waals surface area contributed by atoms with Crippen LogP contribution >= 0.6 is 15.9 Å². The molecule has 1 aliphatic carbocycles. The van der Waals surface area contributed by atoms with Crippen molar-refractivity contribution in [2.75, 3.05) is 6.61 Å². The summed E-state index contributed by atoms with van der Waals surface area (Å²) in [6, 6.07) is 6.83. The van der Waals surface area contributed by atoms with Gasteiger partial charge in [0.05, 0.1) is 6.61 Å². The number of hydrogen-bond donors (Lipinski definition) is 1. The highest BCUT2D eigenvalue weighted by Crippen LogP contribution is 2.28. The van der Waals surface area contributed by atoms with Crippen molar-refractivity contribution < 1.29 is 4.74 Å². The Kier molecular flexibility index (Phi) is 3.65. The van der Waals surface area contributed by atoms with Crippen molar-refractivity contribution in [3.8, 4) is 5.75 Å². The maximum absolute atomic E-state index is 5.60. The van der Waals surface area contributed by atoms with E-state index in [0.717, 1.165) is 22.8 Å². The fourth-order valence-corrected chi connectivity index (χ4v) is 2.02. The molecule has 3 heteroatoms. The van der Waals surface area contributed by atoms with Gasteiger partial charge in [-0.3, -0.25) is 0 Å². The third kappa shape index (κ3) is 2.95. The van der Waals surface area contributed by atoms with E-state index in [-0.39, 0.29) is 0 Å². The Balaban J connectivity index is 2.09. The summed E-state index contributed by atoms with van der Waals surface area (Å²) in [5.74, 6) is 0.986. The summed E-state index contributed by atoms with van der Waals surface area (Å²) in [6.45, 7) is 3.62. The van der Waals surface area contributed by atoms with Gasteiger partial charge >= 0.3 is 0 Å². The van der Waals surface area contributed by atoms with Crippen LogP contribution in [0.25, 0.3) is 0 Å². The van der Waals surface area contributed by atoms with Crippen LogP contribution in [0.3, 0.4) is 0 Å². The van der Waals surface area contributed by atoms with Crippen LogP contribution in [0.1, 0.15) is 25.3 Å². The van der Waals surface area contributed by atoms with Gasteiger partial charge < -0.3 is 10.1 Å². The van der Waals surface area contributed by atoms with Crippen molar-refractivity contribution in [1.29, 1.82) is 0 Å². The van der Waals surface area contributed by atoms with Gasteiger partial charge in [-0.1, -0.05) is 22.0 Å². The van der Waals surface area contributed by atoms with Gasteiger partial charge in [0.15, 0.2) is 0 Å². The van der Waals surface area contributed by atoms with Crippen molar-refractivity contribution in [1.82, 2.24) is 5.32 Å². The minimum atomic E-state index is 0.715. The lowest BCUT2D eigenvalue weighted by molar-refractivity contribution is 0.335.